The Morgan fingerprint density at radius 3 is 2.75 bits per heavy atom. The van der Waals surface area contributed by atoms with Crippen LogP contribution in [-0.4, -0.2) is 18.5 Å². The normalized spacial score (nSPS) is 12.8. The Morgan fingerprint density at radius 2 is 2.31 bits per heavy atom. The molecule has 1 unspecified atom stereocenters. The molecule has 1 heterocycles. The molecule has 1 atom stereocenters. The molecule has 16 heavy (non-hydrogen) atoms. The van der Waals surface area contributed by atoms with Gasteiger partial charge in [-0.3, -0.25) is 4.79 Å². The summed E-state index contributed by atoms with van der Waals surface area (Å²) in [6.07, 6.45) is 2.30. The highest BCUT2D eigenvalue weighted by molar-refractivity contribution is 9.10. The number of hydrogen-bond acceptors (Lipinski definition) is 3. The van der Waals surface area contributed by atoms with Crippen molar-refractivity contribution in [1.29, 1.82) is 0 Å². The minimum Gasteiger partial charge on any atom is -0.457 e. The van der Waals surface area contributed by atoms with Crippen molar-refractivity contribution in [1.82, 2.24) is 5.32 Å². The van der Waals surface area contributed by atoms with Gasteiger partial charge >= 0.3 is 0 Å². The average molecular weight is 289 g/mol. The zero-order valence-electron chi connectivity index (χ0n) is 9.50. The number of carbonyl (C=O) groups is 1. The van der Waals surface area contributed by atoms with Gasteiger partial charge in [0.2, 0.25) is 0 Å². The predicted octanol–water partition coefficient (Wildman–Crippen LogP) is 2.15. The third-order valence-corrected chi connectivity index (χ3v) is 2.62. The van der Waals surface area contributed by atoms with E-state index in [0.29, 0.717) is 22.7 Å². The molecule has 5 heteroatoms. The summed E-state index contributed by atoms with van der Waals surface area (Å²) in [5.74, 6) is 0.357. The molecule has 0 saturated carbocycles. The number of amides is 1. The Balaban J connectivity index is 2.55. The monoisotopic (exact) mass is 288 g/mol. The number of nitrogens with two attached hydrogens (primary N) is 1. The van der Waals surface area contributed by atoms with E-state index in [0.717, 1.165) is 6.42 Å². The van der Waals surface area contributed by atoms with E-state index in [4.69, 9.17) is 10.2 Å². The van der Waals surface area contributed by atoms with Crippen LogP contribution < -0.4 is 11.1 Å². The number of hydrogen-bond donors (Lipinski definition) is 2. The van der Waals surface area contributed by atoms with Crippen molar-refractivity contribution < 1.29 is 9.21 Å². The first-order chi connectivity index (χ1) is 7.52. The van der Waals surface area contributed by atoms with E-state index in [1.165, 1.54) is 6.26 Å². The van der Waals surface area contributed by atoms with Crippen LogP contribution in [0.25, 0.3) is 0 Å². The molecule has 0 aromatic carbocycles. The van der Waals surface area contributed by atoms with E-state index in [2.05, 4.69) is 35.1 Å². The van der Waals surface area contributed by atoms with Crippen molar-refractivity contribution in [3.63, 3.8) is 0 Å². The first-order valence-corrected chi connectivity index (χ1v) is 6.07. The van der Waals surface area contributed by atoms with Crippen LogP contribution >= 0.6 is 15.9 Å². The maximum Gasteiger partial charge on any atom is 0.254 e. The molecule has 4 nitrogen and oxygen atoms in total. The molecule has 0 aliphatic heterocycles. The largest absolute Gasteiger partial charge is 0.457 e. The van der Waals surface area contributed by atoms with Gasteiger partial charge in [0.05, 0.1) is 5.56 Å². The fraction of sp³-hybridized carbons (Fsp3) is 0.545. The van der Waals surface area contributed by atoms with Gasteiger partial charge in [-0.1, -0.05) is 13.8 Å². The summed E-state index contributed by atoms with van der Waals surface area (Å²) in [7, 11) is 0. The maximum absolute atomic E-state index is 11.8. The number of rotatable bonds is 5. The SMILES string of the molecule is CC(C)CC(CN)NC(=O)c1coc(Br)c1. The number of nitrogens with one attached hydrogen (secondary N) is 1. The third kappa shape index (κ3) is 3.98. The zero-order valence-corrected chi connectivity index (χ0v) is 11.1. The Hall–Kier alpha value is -0.810. The maximum atomic E-state index is 11.8. The summed E-state index contributed by atoms with van der Waals surface area (Å²) in [4.78, 5) is 11.8. The highest BCUT2D eigenvalue weighted by Gasteiger charge is 2.15. The molecule has 0 bridgehead atoms. The van der Waals surface area contributed by atoms with E-state index in [9.17, 15) is 4.79 Å². The second-order valence-electron chi connectivity index (χ2n) is 4.18. The molecule has 0 saturated heterocycles. The first-order valence-electron chi connectivity index (χ1n) is 5.28. The van der Waals surface area contributed by atoms with Gasteiger partial charge in [-0.15, -0.1) is 0 Å². The van der Waals surface area contributed by atoms with E-state index in [-0.39, 0.29) is 11.9 Å². The lowest BCUT2D eigenvalue weighted by molar-refractivity contribution is 0.0933. The van der Waals surface area contributed by atoms with Crippen molar-refractivity contribution in [2.24, 2.45) is 11.7 Å². The van der Waals surface area contributed by atoms with Crippen LogP contribution in [0.5, 0.6) is 0 Å². The number of halogens is 1. The first kappa shape index (κ1) is 13.3. The molecule has 1 aromatic rings. The standard InChI is InChI=1S/C11H17BrN2O2/c1-7(2)3-9(5-13)14-11(15)8-4-10(12)16-6-8/h4,6-7,9H,3,5,13H2,1-2H3,(H,14,15). The number of furan rings is 1. The van der Waals surface area contributed by atoms with Crippen LogP contribution in [0.4, 0.5) is 0 Å². The zero-order chi connectivity index (χ0) is 12.1. The second kappa shape index (κ2) is 6.06. The molecule has 1 amide bonds. The highest BCUT2D eigenvalue weighted by atomic mass is 79.9. The number of carbonyl (C=O) groups excluding carboxylic acids is 1. The fourth-order valence-electron chi connectivity index (χ4n) is 1.48. The molecule has 0 aliphatic carbocycles. The lowest BCUT2D eigenvalue weighted by atomic mass is 10.0. The minimum absolute atomic E-state index is 0.0150. The molecule has 0 radical (unpaired) electrons. The summed E-state index contributed by atoms with van der Waals surface area (Å²) in [5.41, 5.74) is 6.11. The van der Waals surface area contributed by atoms with Gasteiger partial charge in [0.15, 0.2) is 4.67 Å². The van der Waals surface area contributed by atoms with Gasteiger partial charge in [0.1, 0.15) is 6.26 Å². The van der Waals surface area contributed by atoms with E-state index >= 15 is 0 Å². The van der Waals surface area contributed by atoms with Gasteiger partial charge in [-0.2, -0.15) is 0 Å². The highest BCUT2D eigenvalue weighted by Crippen LogP contribution is 2.14. The Kier molecular flexibility index (Phi) is 5.02. The van der Waals surface area contributed by atoms with Gasteiger partial charge in [-0.05, 0) is 28.3 Å². The molecule has 1 aromatic heterocycles. The molecule has 0 spiro atoms. The topological polar surface area (TPSA) is 68.3 Å². The summed E-state index contributed by atoms with van der Waals surface area (Å²) < 4.78 is 5.55. The Bertz CT molecular complexity index is 350. The average Bonchev–Trinajstić information content (AvgIpc) is 2.63. The molecule has 1 rings (SSSR count). The van der Waals surface area contributed by atoms with Crippen LogP contribution in [0.1, 0.15) is 30.6 Å². The Labute approximate surface area is 104 Å². The third-order valence-electron chi connectivity index (χ3n) is 2.21. The lowest BCUT2D eigenvalue weighted by Gasteiger charge is -2.18. The van der Waals surface area contributed by atoms with Crippen molar-refractivity contribution in [3.8, 4) is 0 Å². The molecule has 0 fully saturated rings. The Morgan fingerprint density at radius 1 is 1.62 bits per heavy atom. The van der Waals surface area contributed by atoms with Crippen molar-refractivity contribution in [2.45, 2.75) is 26.3 Å². The van der Waals surface area contributed by atoms with Crippen molar-refractivity contribution >= 4 is 21.8 Å². The van der Waals surface area contributed by atoms with Crippen molar-refractivity contribution in [3.05, 3.63) is 22.6 Å². The summed E-state index contributed by atoms with van der Waals surface area (Å²) >= 11 is 3.15. The summed E-state index contributed by atoms with van der Waals surface area (Å²) in [6.45, 7) is 4.65. The van der Waals surface area contributed by atoms with E-state index < -0.39 is 0 Å². The molecule has 3 N–H and O–H groups in total. The van der Waals surface area contributed by atoms with Gasteiger partial charge in [-0.25, -0.2) is 0 Å². The van der Waals surface area contributed by atoms with Gasteiger partial charge in [0.25, 0.3) is 5.91 Å². The summed E-state index contributed by atoms with van der Waals surface area (Å²) in [5, 5.41) is 2.88. The van der Waals surface area contributed by atoms with Crippen LogP contribution in [-0.2, 0) is 0 Å². The quantitative estimate of drug-likeness (QED) is 0.872. The predicted molar refractivity (Wildman–Crippen MR) is 66.2 cm³/mol. The van der Waals surface area contributed by atoms with Crippen molar-refractivity contribution in [2.75, 3.05) is 6.54 Å². The molecule has 0 aliphatic rings. The van der Waals surface area contributed by atoms with Crippen LogP contribution in [0.3, 0.4) is 0 Å². The van der Waals surface area contributed by atoms with E-state index in [1.807, 2.05) is 0 Å². The van der Waals surface area contributed by atoms with E-state index in [1.54, 1.807) is 6.07 Å². The van der Waals surface area contributed by atoms with Gasteiger partial charge < -0.3 is 15.5 Å². The molecular formula is C11H17BrN2O2. The van der Waals surface area contributed by atoms with Crippen LogP contribution in [0.15, 0.2) is 21.4 Å². The summed E-state index contributed by atoms with van der Waals surface area (Å²) in [6, 6.07) is 1.65. The van der Waals surface area contributed by atoms with Crippen LogP contribution in [0, 0.1) is 5.92 Å². The van der Waals surface area contributed by atoms with Crippen LogP contribution in [0.2, 0.25) is 0 Å². The lowest BCUT2D eigenvalue weighted by Crippen LogP contribution is -2.40. The molecule has 90 valence electrons. The molecular weight excluding hydrogens is 272 g/mol. The second-order valence-corrected chi connectivity index (χ2v) is 4.96. The fourth-order valence-corrected chi connectivity index (χ4v) is 1.82. The van der Waals surface area contributed by atoms with Gasteiger partial charge in [0, 0.05) is 18.7 Å². The minimum atomic E-state index is -0.148. The smallest absolute Gasteiger partial charge is 0.254 e.